The average molecular weight is 1520 g/mol. The Morgan fingerprint density at radius 2 is 0.508 bits per heavy atom. The fourth-order valence-electron chi connectivity index (χ4n) is 19.1. The largest absolute Gasteiger partial charge is 0.310 e. The second-order valence-electron chi connectivity index (χ2n) is 30.9. The molecule has 0 bridgehead atoms. The molecule has 10 heterocycles. The maximum absolute atomic E-state index is 10.2. The average Bonchev–Trinajstić information content (AvgIpc) is 1.40. The molecule has 0 saturated carbocycles. The summed E-state index contributed by atoms with van der Waals surface area (Å²) in [5.41, 5.74) is 16.7. The molecule has 0 radical (unpaired) electrons. The number of para-hydroxylation sites is 7. The molecule has 0 aliphatic heterocycles. The van der Waals surface area contributed by atoms with Crippen LogP contribution < -0.4 is 0 Å². The number of benzene rings is 17. The Kier molecular flexibility index (Phi) is 14.7. The summed E-state index contributed by atoms with van der Waals surface area (Å²) in [5.74, 6) is 0. The van der Waals surface area contributed by atoms with Crippen LogP contribution in [0.2, 0.25) is 0 Å². The summed E-state index contributed by atoms with van der Waals surface area (Å²) < 4.78 is 9.00. The van der Waals surface area contributed by atoms with Crippen molar-refractivity contribution in [3.05, 3.63) is 398 Å². The molecule has 0 aliphatic carbocycles. The molecule has 0 N–H and O–H groups in total. The lowest BCUT2D eigenvalue weighted by molar-refractivity contribution is 1.25. The van der Waals surface area contributed by atoms with Crippen LogP contribution in [-0.2, 0) is 0 Å². The zero-order valence-electron chi connectivity index (χ0n) is 64.0. The third-order valence-electron chi connectivity index (χ3n) is 24.4. The number of aromatic nitrogens is 7. The normalized spacial score (nSPS) is 11.8. The zero-order chi connectivity index (χ0) is 79.5. The van der Waals surface area contributed by atoms with Crippen molar-refractivity contribution >= 4 is 246 Å². The zero-order valence-corrected chi connectivity index (χ0v) is 64.0. The first-order chi connectivity index (χ1) is 59.3. The Hall–Kier alpha value is -17.1. The Morgan fingerprint density at radius 3 is 0.950 bits per heavy atom. The van der Waals surface area contributed by atoms with Crippen molar-refractivity contribution in [2.75, 3.05) is 0 Å². The molecule has 0 amide bonds. The van der Waals surface area contributed by atoms with Crippen molar-refractivity contribution in [3.8, 4) is 6.07 Å². The number of nitriles is 1. The Bertz CT molecular complexity index is 8830. The van der Waals surface area contributed by atoms with Gasteiger partial charge in [-0.2, -0.15) is 5.26 Å². The molecule has 27 aromatic rings. The van der Waals surface area contributed by atoms with Gasteiger partial charge in [-0.1, -0.05) is 224 Å². The molecule has 0 aliphatic rings. The Labute approximate surface area is 682 Å². The molecule has 10 aromatic heterocycles. The molecule has 550 valence electrons. The molecule has 0 fully saturated rings. The molecule has 0 unspecified atom stereocenters. The lowest BCUT2D eigenvalue weighted by Crippen LogP contribution is -1.97. The van der Waals surface area contributed by atoms with Gasteiger partial charge in [0.25, 0.3) is 0 Å². The lowest BCUT2D eigenvalue weighted by atomic mass is 9.95. The van der Waals surface area contributed by atoms with Crippen molar-refractivity contribution in [2.45, 2.75) is 0 Å². The number of rotatable bonds is 0. The van der Waals surface area contributed by atoms with Crippen LogP contribution in [-0.4, -0.2) is 32.6 Å². The monoisotopic (exact) mass is 1520 g/mol. The van der Waals surface area contributed by atoms with E-state index in [1.807, 2.05) is 83.3 Å². The third-order valence-corrected chi connectivity index (χ3v) is 24.4. The lowest BCUT2D eigenvalue weighted by Gasteiger charge is -2.16. The molecule has 0 atom stereocenters. The van der Waals surface area contributed by atoms with Crippen LogP contribution in [0, 0.1) is 31.0 Å². The minimum Gasteiger partial charge on any atom is -0.310 e. The molecule has 11 nitrogen and oxygen atoms in total. The second-order valence-corrected chi connectivity index (χ2v) is 30.9. The van der Waals surface area contributed by atoms with E-state index in [9.17, 15) is 5.26 Å². The van der Waals surface area contributed by atoms with Gasteiger partial charge in [0.2, 0.25) is 11.4 Å². The number of hydrogen-bond acceptors (Lipinski definition) is 4. The molecule has 120 heavy (non-hydrogen) atoms. The summed E-state index contributed by atoms with van der Waals surface area (Å²) in [6.07, 6.45) is 0. The standard InChI is InChI=1S/C28H11N5.C28H17N.C27H16N2.C26H15N3/c1-30-25-21(15-29)28-24(26(31-2)27(25)32-3)20-13-17-9-5-4-8-16(17)12-19(20)23-14-18-10-6-7-11-22(18)33(23)28;1-2-8-19-14-25-23(13-18(19)7-1)24-15-20-9-3-4-10-21(20)16-27(24)29-26-12-6-5-11-22(26)17-28(25)29;1-2-8-18-14-22-21(13-17(18)7-1)23-15-19-9-3-5-11-24(19)28-27(23)29-25-12-6-4-10-20(25)16-26(22)29;1-2-8-17-14-20-19(13-16(17)7-1)24-15-18-9-3-6-12-23(18)29(24)26-25(20)27-21-10-4-5-11-22(21)28-26/h4-14H;1-17H;1-16H;1-15H. The van der Waals surface area contributed by atoms with Crippen molar-refractivity contribution in [3.63, 3.8) is 0 Å². The summed E-state index contributed by atoms with van der Waals surface area (Å²) >= 11 is 0. The first-order valence-corrected chi connectivity index (χ1v) is 39.9. The number of pyridine rings is 5. The predicted octanol–water partition coefficient (Wildman–Crippen LogP) is 29.4. The SMILES string of the molecule is [C-]#[N+]c1c([N+]#[C-])c(C#N)c2c(c1[N+]#[C-])c1cc3ccccc3cc1c1cc3ccccc3n12.c1ccc2cc3c(cc2c1)c1cc2ccccc2cc1n1c2ccccc2cc31.c1ccc2cc3c(cc2c1)c1cc2ccccc2nc1n1c2ccccc2cc31.c1ccc2cc3c(cc2c1)c1nc2ccccc2nc1n1c2ccccc2cc31. The van der Waals surface area contributed by atoms with Crippen LogP contribution >= 0.6 is 0 Å². The molecular weight excluding hydrogens is 1460 g/mol. The molecule has 17 aromatic carbocycles. The smallest absolute Gasteiger partial charge is 0.203 e. The van der Waals surface area contributed by atoms with E-state index >= 15 is 0 Å². The van der Waals surface area contributed by atoms with Crippen LogP contribution in [0.4, 0.5) is 17.1 Å². The van der Waals surface area contributed by atoms with Gasteiger partial charge >= 0.3 is 0 Å². The molecule has 0 spiro atoms. The van der Waals surface area contributed by atoms with E-state index in [1.54, 1.807) is 0 Å². The van der Waals surface area contributed by atoms with Gasteiger partial charge in [0.1, 0.15) is 11.2 Å². The molecule has 27 rings (SSSR count). The molecular formula is C109H59N11. The fourth-order valence-corrected chi connectivity index (χ4v) is 19.1. The summed E-state index contributed by atoms with van der Waals surface area (Å²) in [5, 5.41) is 40.5. The predicted molar refractivity (Wildman–Crippen MR) is 499 cm³/mol. The molecule has 0 saturated heterocycles. The highest BCUT2D eigenvalue weighted by Crippen LogP contribution is 2.52. The van der Waals surface area contributed by atoms with E-state index in [1.165, 1.54) is 135 Å². The highest BCUT2D eigenvalue weighted by Gasteiger charge is 2.27. The summed E-state index contributed by atoms with van der Waals surface area (Å²) in [4.78, 5) is 26.0. The van der Waals surface area contributed by atoms with Crippen LogP contribution in [0.1, 0.15) is 5.56 Å². The van der Waals surface area contributed by atoms with Gasteiger partial charge in [-0.25, -0.2) is 15.0 Å². The van der Waals surface area contributed by atoms with E-state index in [2.05, 4.69) is 313 Å². The third kappa shape index (κ3) is 10.1. The van der Waals surface area contributed by atoms with Crippen molar-refractivity contribution in [1.29, 1.82) is 5.26 Å². The number of nitrogens with zero attached hydrogens (tertiary/aromatic N) is 11. The minimum absolute atomic E-state index is 0.0608. The van der Waals surface area contributed by atoms with E-state index in [0.29, 0.717) is 10.9 Å². The molecule has 11 heteroatoms. The summed E-state index contributed by atoms with van der Waals surface area (Å²) in [7, 11) is 0. The van der Waals surface area contributed by atoms with Crippen LogP contribution in [0.3, 0.4) is 0 Å². The first kappa shape index (κ1) is 67.4. The first-order valence-electron chi connectivity index (χ1n) is 39.9. The van der Waals surface area contributed by atoms with Gasteiger partial charge < -0.3 is 8.80 Å². The number of fused-ring (bicyclic) bond motifs is 39. The maximum Gasteiger partial charge on any atom is 0.203 e. The topological polar surface area (TPSA) is 93.2 Å². The Morgan fingerprint density at radius 1 is 0.225 bits per heavy atom. The summed E-state index contributed by atoms with van der Waals surface area (Å²) in [6, 6.07) is 129. The van der Waals surface area contributed by atoms with Crippen LogP contribution in [0.25, 0.3) is 243 Å². The highest BCUT2D eigenvalue weighted by atomic mass is 15.0. The summed E-state index contributed by atoms with van der Waals surface area (Å²) in [6.45, 7) is 23.3. The van der Waals surface area contributed by atoms with Crippen LogP contribution in [0.5, 0.6) is 0 Å². The van der Waals surface area contributed by atoms with Crippen LogP contribution in [0.15, 0.2) is 358 Å². The van der Waals surface area contributed by atoms with Gasteiger partial charge in [-0.05, 0) is 209 Å². The quantitative estimate of drug-likeness (QED) is 0.0859. The van der Waals surface area contributed by atoms with E-state index < -0.39 is 0 Å². The van der Waals surface area contributed by atoms with E-state index in [-0.39, 0.29) is 22.6 Å². The Balaban J connectivity index is 0.0000000910. The van der Waals surface area contributed by atoms with Gasteiger partial charge in [0.15, 0.2) is 11.3 Å². The number of hydrogen-bond donors (Lipinski definition) is 0. The highest BCUT2D eigenvalue weighted by molar-refractivity contribution is 6.28. The second kappa shape index (κ2) is 26.2. The van der Waals surface area contributed by atoms with Crippen molar-refractivity contribution in [1.82, 2.24) is 32.6 Å². The van der Waals surface area contributed by atoms with E-state index in [4.69, 9.17) is 34.7 Å². The van der Waals surface area contributed by atoms with Gasteiger partial charge in [0, 0.05) is 70.2 Å². The van der Waals surface area contributed by atoms with Gasteiger partial charge in [-0.15, -0.1) is 0 Å². The fraction of sp³-hybridized carbons (Fsp3) is 0. The van der Waals surface area contributed by atoms with E-state index in [0.717, 1.165) is 82.2 Å². The van der Waals surface area contributed by atoms with Crippen molar-refractivity contribution < 1.29 is 0 Å². The maximum atomic E-state index is 10.2. The van der Waals surface area contributed by atoms with Crippen molar-refractivity contribution in [2.24, 2.45) is 0 Å². The van der Waals surface area contributed by atoms with Gasteiger partial charge in [0.05, 0.1) is 97.5 Å². The van der Waals surface area contributed by atoms with Gasteiger partial charge in [-0.3, -0.25) is 23.3 Å². The minimum atomic E-state index is -0.0646.